The molecule has 0 amide bonds. The van der Waals surface area contributed by atoms with Crippen LogP contribution in [0, 0.1) is 20.8 Å². The predicted octanol–water partition coefficient (Wildman–Crippen LogP) is -6.72. The number of fused-ring (bicyclic) bond motifs is 1. The fourth-order valence-corrected chi connectivity index (χ4v) is 2.22. The minimum Gasteiger partial charge on any atom is -0.634 e. The van der Waals surface area contributed by atoms with Gasteiger partial charge in [0.1, 0.15) is 39.3 Å². The molecule has 3 rings (SSSR count). The minimum atomic E-state index is 0.169. The number of nitrogens with one attached hydrogen (secondary N) is 4. The first-order chi connectivity index (χ1) is 7.58. The van der Waals surface area contributed by atoms with Gasteiger partial charge in [0.05, 0.1) is 0 Å². The first-order valence-corrected chi connectivity index (χ1v) is 5.66. The predicted molar refractivity (Wildman–Crippen MR) is 54.1 cm³/mol. The van der Waals surface area contributed by atoms with Crippen molar-refractivity contribution in [3.63, 3.8) is 0 Å². The molecule has 0 aliphatic carbocycles. The lowest BCUT2D eigenvalue weighted by Gasteiger charge is -2.33. The maximum Gasteiger partial charge on any atom is 0.196 e. The first kappa shape index (κ1) is 12.1. The summed E-state index contributed by atoms with van der Waals surface area (Å²) in [6.45, 7) is 3.03. The van der Waals surface area contributed by atoms with E-state index in [0.717, 1.165) is 0 Å². The van der Waals surface area contributed by atoms with Crippen LogP contribution in [-0.4, -0.2) is 51.4 Å². The average Bonchev–Trinajstić information content (AvgIpc) is 2.70. The normalized spacial score (nSPS) is 50.2. The molecule has 16 heavy (non-hydrogen) atoms. The van der Waals surface area contributed by atoms with Crippen molar-refractivity contribution < 1.29 is 20.3 Å². The molecule has 2 unspecified atom stereocenters. The minimum absolute atomic E-state index is 0.169. The zero-order chi connectivity index (χ0) is 11.7. The Labute approximate surface area is 93.3 Å². The van der Waals surface area contributed by atoms with E-state index in [1.54, 1.807) is 0 Å². The number of hydrogen-bond acceptors (Lipinski definition) is 4. The van der Waals surface area contributed by atoms with E-state index in [2.05, 4.69) is 0 Å². The fourth-order valence-electron chi connectivity index (χ4n) is 2.22. The van der Waals surface area contributed by atoms with E-state index < -0.39 is 0 Å². The van der Waals surface area contributed by atoms with Crippen LogP contribution >= 0.6 is 0 Å². The second kappa shape index (κ2) is 4.90. The molecule has 0 aromatic heterocycles. The van der Waals surface area contributed by atoms with Crippen LogP contribution in [0.3, 0.4) is 0 Å². The number of rotatable bonds is 0. The van der Waals surface area contributed by atoms with Gasteiger partial charge < -0.3 is 41.1 Å². The molecule has 8 nitrogen and oxygen atoms in total. The Morgan fingerprint density at radius 2 is 1.00 bits per heavy atom. The molecule has 3 heterocycles. The lowest BCUT2D eigenvalue weighted by Crippen LogP contribution is -3.24. The van der Waals surface area contributed by atoms with Crippen molar-refractivity contribution in [1.82, 2.24) is 0 Å². The quantitative estimate of drug-likeness (QED) is 0.247. The first-order valence-electron chi connectivity index (χ1n) is 5.66. The molecule has 0 radical (unpaired) electrons. The summed E-state index contributed by atoms with van der Waals surface area (Å²) < 4.78 is 0. The molecular formula is C8H18N4O4. The summed E-state index contributed by atoms with van der Waals surface area (Å²) in [7, 11) is 0. The van der Waals surface area contributed by atoms with Gasteiger partial charge in [-0.05, 0) is 0 Å². The molecule has 0 spiro atoms. The van der Waals surface area contributed by atoms with Gasteiger partial charge in [0.15, 0.2) is 12.1 Å². The van der Waals surface area contributed by atoms with E-state index in [1.165, 1.54) is 0 Å². The smallest absolute Gasteiger partial charge is 0.196 e. The highest BCUT2D eigenvalue weighted by molar-refractivity contribution is 4.84. The summed E-state index contributed by atoms with van der Waals surface area (Å²) >= 11 is 0. The largest absolute Gasteiger partial charge is 0.634 e. The van der Waals surface area contributed by atoms with Crippen molar-refractivity contribution in [3.05, 3.63) is 20.8 Å². The van der Waals surface area contributed by atoms with Crippen LogP contribution in [0.1, 0.15) is 0 Å². The van der Waals surface area contributed by atoms with Gasteiger partial charge in [-0.1, -0.05) is 0 Å². The maximum atomic E-state index is 10.5. The molecule has 3 saturated heterocycles. The molecule has 0 aromatic carbocycles. The van der Waals surface area contributed by atoms with Crippen LogP contribution in [0.4, 0.5) is 0 Å². The molecule has 3 aliphatic rings. The third-order valence-electron chi connectivity index (χ3n) is 3.37. The van der Waals surface area contributed by atoms with Gasteiger partial charge in [0, 0.05) is 0 Å². The van der Waals surface area contributed by atoms with Crippen LogP contribution < -0.4 is 20.3 Å². The summed E-state index contributed by atoms with van der Waals surface area (Å²) in [5.74, 6) is 0. The zero-order valence-corrected chi connectivity index (χ0v) is 9.03. The van der Waals surface area contributed by atoms with Gasteiger partial charge in [-0.2, -0.15) is 0 Å². The highest BCUT2D eigenvalue weighted by Crippen LogP contribution is 2.00. The summed E-state index contributed by atoms with van der Waals surface area (Å²) in [4.78, 5) is 0. The van der Waals surface area contributed by atoms with Crippen LogP contribution in [0.5, 0.6) is 0 Å². The molecule has 3 fully saturated rings. The Balaban J connectivity index is 0.000000120. The van der Waals surface area contributed by atoms with E-state index in [0.29, 0.717) is 44.3 Å². The topological polar surface area (TPSA) is 110 Å². The molecule has 94 valence electrons. The zero-order valence-electron chi connectivity index (χ0n) is 9.03. The lowest BCUT2D eigenvalue weighted by atomic mass is 10.4. The molecule has 8 heteroatoms. The molecule has 2 atom stereocenters. The van der Waals surface area contributed by atoms with Crippen molar-refractivity contribution in [2.75, 3.05) is 39.3 Å². The van der Waals surface area contributed by atoms with E-state index in [1.807, 2.05) is 0 Å². The molecule has 4 N–H and O–H groups in total. The van der Waals surface area contributed by atoms with Crippen LogP contribution in [0.2, 0.25) is 0 Å². The standard InChI is InChI=1S/C4H8N2O2.C4H10N2O2/c7-5-1-3-4(2-5)6(3)8;7-5-1-2-6(8)4-3-5/h3-6H,1-2H2;5-6H,1-4H2. The molecular weight excluding hydrogens is 216 g/mol. The number of hydroxylamine groups is 8. The van der Waals surface area contributed by atoms with Gasteiger partial charge in [-0.25, -0.2) is 0 Å². The van der Waals surface area contributed by atoms with E-state index in [9.17, 15) is 20.8 Å². The summed E-state index contributed by atoms with van der Waals surface area (Å²) in [6.07, 6.45) is 0. The second-order valence-corrected chi connectivity index (χ2v) is 4.64. The molecule has 0 saturated carbocycles. The number of quaternary nitrogens is 4. The third kappa shape index (κ3) is 2.87. The van der Waals surface area contributed by atoms with Gasteiger partial charge in [-0.15, -0.1) is 0 Å². The SMILES string of the molecule is [O-][NH+]1CC2C(C1)[NH+]2[O-].[O-][NH+]1CC[NH+]([O-])CC1. The number of piperazine rings is 2. The van der Waals surface area contributed by atoms with E-state index >= 15 is 0 Å². The average molecular weight is 234 g/mol. The summed E-state index contributed by atoms with van der Waals surface area (Å²) in [5, 5.41) is 43.0. The summed E-state index contributed by atoms with van der Waals surface area (Å²) in [5.41, 5.74) is 0. The Morgan fingerprint density at radius 3 is 1.31 bits per heavy atom. The van der Waals surface area contributed by atoms with Crippen molar-refractivity contribution in [1.29, 1.82) is 0 Å². The van der Waals surface area contributed by atoms with Crippen molar-refractivity contribution >= 4 is 0 Å². The maximum absolute atomic E-state index is 10.5. The Kier molecular flexibility index (Phi) is 3.72. The molecule has 3 aliphatic heterocycles. The van der Waals surface area contributed by atoms with Crippen LogP contribution in [0.25, 0.3) is 0 Å². The van der Waals surface area contributed by atoms with Gasteiger partial charge in [-0.3, -0.25) is 0 Å². The van der Waals surface area contributed by atoms with Crippen molar-refractivity contribution in [3.8, 4) is 0 Å². The highest BCUT2D eigenvalue weighted by Gasteiger charge is 2.57. The Bertz CT molecular complexity index is 214. The van der Waals surface area contributed by atoms with Crippen LogP contribution in [-0.2, 0) is 0 Å². The molecule has 0 aromatic rings. The Hall–Kier alpha value is -0.320. The van der Waals surface area contributed by atoms with E-state index in [-0.39, 0.29) is 27.3 Å². The fraction of sp³-hybridized carbons (Fsp3) is 1.00. The third-order valence-corrected chi connectivity index (χ3v) is 3.37. The van der Waals surface area contributed by atoms with Crippen LogP contribution in [0.15, 0.2) is 0 Å². The second-order valence-electron chi connectivity index (χ2n) is 4.64. The van der Waals surface area contributed by atoms with Crippen molar-refractivity contribution in [2.24, 2.45) is 0 Å². The van der Waals surface area contributed by atoms with Gasteiger partial charge >= 0.3 is 0 Å². The lowest BCUT2D eigenvalue weighted by molar-refractivity contribution is -0.966. The number of hydrogen-bond donors (Lipinski definition) is 4. The van der Waals surface area contributed by atoms with Gasteiger partial charge in [0.2, 0.25) is 0 Å². The van der Waals surface area contributed by atoms with E-state index in [4.69, 9.17) is 0 Å². The molecule has 0 bridgehead atoms. The monoisotopic (exact) mass is 234 g/mol. The summed E-state index contributed by atoms with van der Waals surface area (Å²) in [6, 6.07) is 0.338. The van der Waals surface area contributed by atoms with Gasteiger partial charge in [0.25, 0.3) is 0 Å². The highest BCUT2D eigenvalue weighted by atomic mass is 16.5. The Morgan fingerprint density at radius 1 is 0.625 bits per heavy atom. The van der Waals surface area contributed by atoms with Crippen molar-refractivity contribution in [2.45, 2.75) is 12.1 Å².